The number of nitrogen functional groups attached to an aromatic ring is 1. The molecule has 142 valence electrons. The van der Waals surface area contributed by atoms with Crippen molar-refractivity contribution in [2.24, 2.45) is 5.92 Å². The van der Waals surface area contributed by atoms with Crippen molar-refractivity contribution in [3.8, 4) is 0 Å². The summed E-state index contributed by atoms with van der Waals surface area (Å²) in [6, 6.07) is 10.0. The van der Waals surface area contributed by atoms with Crippen molar-refractivity contribution >= 4 is 17.0 Å². The van der Waals surface area contributed by atoms with Crippen LogP contribution in [0.1, 0.15) is 31.0 Å². The average molecular weight is 368 g/mol. The highest BCUT2D eigenvalue weighted by Gasteiger charge is 2.43. The fourth-order valence-corrected chi connectivity index (χ4v) is 3.97. The highest BCUT2D eigenvalue weighted by atomic mass is 16.3. The van der Waals surface area contributed by atoms with Crippen LogP contribution in [0.2, 0.25) is 0 Å². The van der Waals surface area contributed by atoms with E-state index in [4.69, 9.17) is 5.73 Å². The molecular weight excluding hydrogens is 344 g/mol. The van der Waals surface area contributed by atoms with E-state index in [1.54, 1.807) is 6.33 Å². The minimum absolute atomic E-state index is 0.0229. The van der Waals surface area contributed by atoms with Gasteiger partial charge in [0.15, 0.2) is 11.5 Å². The molecule has 0 radical (unpaired) electrons. The number of aromatic nitrogens is 4. The standard InChI is InChI=1S/C19H24N6O2/c1-11(12-5-3-2-4-6-12)21-8-13-7-14(26)17(27)16(13)25-10-24-15-18(20)22-9-23-19(15)25/h2-6,9-11,13-14,16-17,21,26-27H,7-8H2,1H3,(H2,20,22,23)/t11-,13+,14+,16+,17+/m1/s1. The third-order valence-electron chi connectivity index (χ3n) is 5.47. The first-order valence-corrected chi connectivity index (χ1v) is 9.13. The van der Waals surface area contributed by atoms with E-state index < -0.39 is 12.2 Å². The number of imidazole rings is 1. The average Bonchev–Trinajstić information content (AvgIpc) is 3.22. The molecule has 8 heteroatoms. The number of hydrogen-bond acceptors (Lipinski definition) is 7. The highest BCUT2D eigenvalue weighted by molar-refractivity contribution is 5.81. The smallest absolute Gasteiger partial charge is 0.165 e. The van der Waals surface area contributed by atoms with Crippen molar-refractivity contribution in [3.05, 3.63) is 48.5 Å². The van der Waals surface area contributed by atoms with Crippen molar-refractivity contribution in [2.45, 2.75) is 37.6 Å². The van der Waals surface area contributed by atoms with Gasteiger partial charge in [-0.25, -0.2) is 15.0 Å². The van der Waals surface area contributed by atoms with Crippen molar-refractivity contribution < 1.29 is 10.2 Å². The Kier molecular flexibility index (Phi) is 4.77. The van der Waals surface area contributed by atoms with Crippen molar-refractivity contribution in [2.75, 3.05) is 12.3 Å². The van der Waals surface area contributed by atoms with E-state index in [9.17, 15) is 10.2 Å². The number of nitrogens with two attached hydrogens (primary N) is 1. The Morgan fingerprint density at radius 1 is 1.22 bits per heavy atom. The first kappa shape index (κ1) is 17.8. The second kappa shape index (κ2) is 7.22. The quantitative estimate of drug-likeness (QED) is 0.531. The fraction of sp³-hybridized carbons (Fsp3) is 0.421. The summed E-state index contributed by atoms with van der Waals surface area (Å²) in [4.78, 5) is 12.5. The van der Waals surface area contributed by atoms with Gasteiger partial charge in [0.2, 0.25) is 0 Å². The van der Waals surface area contributed by atoms with Gasteiger partial charge < -0.3 is 25.8 Å². The van der Waals surface area contributed by atoms with Crippen molar-refractivity contribution in [1.82, 2.24) is 24.8 Å². The molecule has 1 fully saturated rings. The molecule has 1 aliphatic carbocycles. The highest BCUT2D eigenvalue weighted by Crippen LogP contribution is 2.38. The van der Waals surface area contributed by atoms with Gasteiger partial charge in [0.25, 0.3) is 0 Å². The summed E-state index contributed by atoms with van der Waals surface area (Å²) in [5.74, 6) is 0.328. The molecule has 2 heterocycles. The largest absolute Gasteiger partial charge is 0.390 e. The SMILES string of the molecule is C[C@@H](NC[C@@H]1C[C@H](O)[C@H](O)[C@H]1n1cnc2c(N)ncnc21)c1ccccc1. The Morgan fingerprint density at radius 2 is 2.00 bits per heavy atom. The van der Waals surface area contributed by atoms with Crippen LogP contribution < -0.4 is 11.1 Å². The van der Waals surface area contributed by atoms with Gasteiger partial charge in [-0.2, -0.15) is 0 Å². The Labute approximate surface area is 157 Å². The summed E-state index contributed by atoms with van der Waals surface area (Å²) in [6.45, 7) is 2.75. The topological polar surface area (TPSA) is 122 Å². The molecule has 1 aromatic carbocycles. The third-order valence-corrected chi connectivity index (χ3v) is 5.47. The van der Waals surface area contributed by atoms with Crippen LogP contribution in [0.25, 0.3) is 11.2 Å². The molecule has 27 heavy (non-hydrogen) atoms. The van der Waals surface area contributed by atoms with E-state index in [1.807, 2.05) is 22.8 Å². The van der Waals surface area contributed by atoms with E-state index >= 15 is 0 Å². The van der Waals surface area contributed by atoms with Gasteiger partial charge in [-0.3, -0.25) is 0 Å². The number of nitrogens with zero attached hydrogens (tertiary/aromatic N) is 4. The Bertz CT molecular complexity index is 915. The zero-order valence-electron chi connectivity index (χ0n) is 15.1. The molecule has 3 aromatic rings. The van der Waals surface area contributed by atoms with Crippen LogP contribution in [0.3, 0.4) is 0 Å². The fourth-order valence-electron chi connectivity index (χ4n) is 3.97. The van der Waals surface area contributed by atoms with E-state index in [-0.39, 0.29) is 18.0 Å². The second-order valence-electron chi connectivity index (χ2n) is 7.17. The molecule has 0 bridgehead atoms. The maximum absolute atomic E-state index is 10.6. The first-order valence-electron chi connectivity index (χ1n) is 9.13. The first-order chi connectivity index (χ1) is 13.1. The maximum Gasteiger partial charge on any atom is 0.165 e. The lowest BCUT2D eigenvalue weighted by Crippen LogP contribution is -2.33. The molecule has 8 nitrogen and oxygen atoms in total. The number of rotatable bonds is 5. The summed E-state index contributed by atoms with van der Waals surface area (Å²) >= 11 is 0. The monoisotopic (exact) mass is 368 g/mol. The van der Waals surface area contributed by atoms with Crippen molar-refractivity contribution in [3.63, 3.8) is 0 Å². The van der Waals surface area contributed by atoms with E-state index in [0.29, 0.717) is 29.9 Å². The van der Waals surface area contributed by atoms with Crippen LogP contribution in [0, 0.1) is 5.92 Å². The number of benzene rings is 1. The number of nitrogens with one attached hydrogen (secondary N) is 1. The summed E-state index contributed by atoms with van der Waals surface area (Å²) in [7, 11) is 0. The lowest BCUT2D eigenvalue weighted by Gasteiger charge is -2.25. The lowest BCUT2D eigenvalue weighted by molar-refractivity contribution is 0.0230. The summed E-state index contributed by atoms with van der Waals surface area (Å²) in [5, 5.41) is 24.4. The summed E-state index contributed by atoms with van der Waals surface area (Å²) < 4.78 is 1.81. The normalized spacial score (nSPS) is 26.5. The van der Waals surface area contributed by atoms with Crippen LogP contribution in [0.4, 0.5) is 5.82 Å². The maximum atomic E-state index is 10.6. The van der Waals surface area contributed by atoms with Gasteiger partial charge in [0.05, 0.1) is 18.5 Å². The van der Waals surface area contributed by atoms with Gasteiger partial charge in [-0.15, -0.1) is 0 Å². The zero-order valence-corrected chi connectivity index (χ0v) is 15.1. The van der Waals surface area contributed by atoms with Crippen LogP contribution in [-0.4, -0.2) is 48.5 Å². The summed E-state index contributed by atoms with van der Waals surface area (Å²) in [5.41, 5.74) is 8.15. The predicted molar refractivity (Wildman–Crippen MR) is 102 cm³/mol. The molecular formula is C19H24N6O2. The van der Waals surface area contributed by atoms with Crippen LogP contribution in [0.15, 0.2) is 43.0 Å². The minimum atomic E-state index is -0.891. The number of hydrogen-bond donors (Lipinski definition) is 4. The Balaban J connectivity index is 1.57. The van der Waals surface area contributed by atoms with Gasteiger partial charge in [-0.1, -0.05) is 30.3 Å². The molecule has 0 unspecified atom stereocenters. The Morgan fingerprint density at radius 3 is 2.78 bits per heavy atom. The molecule has 4 rings (SSSR count). The Hall–Kier alpha value is -2.55. The third kappa shape index (κ3) is 3.27. The molecule has 0 amide bonds. The molecule has 5 N–H and O–H groups in total. The van der Waals surface area contributed by atoms with E-state index in [1.165, 1.54) is 11.9 Å². The second-order valence-corrected chi connectivity index (χ2v) is 7.17. The predicted octanol–water partition coefficient (Wildman–Crippen LogP) is 1.04. The molecule has 1 saturated carbocycles. The summed E-state index contributed by atoms with van der Waals surface area (Å²) in [6.07, 6.45) is 1.83. The molecule has 2 aromatic heterocycles. The van der Waals surface area contributed by atoms with Gasteiger partial charge in [0, 0.05) is 12.6 Å². The number of anilines is 1. The molecule has 0 aliphatic heterocycles. The van der Waals surface area contributed by atoms with Crippen LogP contribution in [-0.2, 0) is 0 Å². The van der Waals surface area contributed by atoms with Gasteiger partial charge in [0.1, 0.15) is 17.9 Å². The molecule has 0 spiro atoms. The minimum Gasteiger partial charge on any atom is -0.390 e. The van der Waals surface area contributed by atoms with Crippen molar-refractivity contribution in [1.29, 1.82) is 0 Å². The number of aliphatic hydroxyl groups excluding tert-OH is 2. The lowest BCUT2D eigenvalue weighted by atomic mass is 10.0. The zero-order chi connectivity index (χ0) is 19.0. The van der Waals surface area contributed by atoms with Gasteiger partial charge >= 0.3 is 0 Å². The number of aliphatic hydroxyl groups is 2. The van der Waals surface area contributed by atoms with Crippen LogP contribution in [0.5, 0.6) is 0 Å². The van der Waals surface area contributed by atoms with E-state index in [0.717, 1.165) is 0 Å². The van der Waals surface area contributed by atoms with Gasteiger partial charge in [-0.05, 0) is 24.8 Å². The molecule has 0 saturated heterocycles. The van der Waals surface area contributed by atoms with E-state index in [2.05, 4.69) is 39.3 Å². The molecule has 1 aliphatic rings. The molecule has 5 atom stereocenters. The number of fused-ring (bicyclic) bond motifs is 1. The van der Waals surface area contributed by atoms with Crippen LogP contribution >= 0.6 is 0 Å².